The zero-order valence-electron chi connectivity index (χ0n) is 7.48. The van der Waals surface area contributed by atoms with Gasteiger partial charge in [-0.25, -0.2) is 0 Å². The molecule has 1 aromatic carbocycles. The highest BCUT2D eigenvalue weighted by Gasteiger charge is 2.17. The van der Waals surface area contributed by atoms with E-state index in [-0.39, 0.29) is 5.91 Å². The van der Waals surface area contributed by atoms with E-state index in [1.54, 1.807) is 6.07 Å². The van der Waals surface area contributed by atoms with Crippen LogP contribution in [-0.4, -0.2) is 20.0 Å². The average molecular weight is 175 g/mol. The Morgan fingerprint density at radius 3 is 2.69 bits per heavy atom. The fourth-order valence-electron chi connectivity index (χ4n) is 1.21. The van der Waals surface area contributed by atoms with Gasteiger partial charge in [0.2, 0.25) is 0 Å². The lowest BCUT2D eigenvalue weighted by molar-refractivity contribution is 0.100. The monoisotopic (exact) mass is 175 g/mol. The summed E-state index contributed by atoms with van der Waals surface area (Å²) in [4.78, 5) is 13.0. The van der Waals surface area contributed by atoms with Crippen molar-refractivity contribution in [2.45, 2.75) is 0 Å². The summed E-state index contributed by atoms with van der Waals surface area (Å²) in [5.74, 6) is -0.250. The number of fused-ring (bicyclic) bond motifs is 1. The first-order valence-electron chi connectivity index (χ1n) is 3.96. The maximum atomic E-state index is 11.1. The van der Waals surface area contributed by atoms with Gasteiger partial charge in [-0.1, -0.05) is 0 Å². The summed E-state index contributed by atoms with van der Waals surface area (Å²) in [5.41, 5.74) is 2.27. The lowest BCUT2D eigenvalue weighted by atomic mass is 10.1. The SMILES string of the molecule is CN(C)c1ccc2c(c1)N=NC2=O. The molecule has 4 nitrogen and oxygen atoms in total. The quantitative estimate of drug-likeness (QED) is 0.655. The van der Waals surface area contributed by atoms with E-state index in [2.05, 4.69) is 10.2 Å². The fourth-order valence-corrected chi connectivity index (χ4v) is 1.21. The molecule has 0 saturated carbocycles. The molecule has 13 heavy (non-hydrogen) atoms. The molecule has 0 bridgehead atoms. The van der Waals surface area contributed by atoms with Crippen LogP contribution in [0, 0.1) is 0 Å². The normalized spacial score (nSPS) is 13.2. The van der Waals surface area contributed by atoms with Gasteiger partial charge in [-0.05, 0) is 18.2 Å². The van der Waals surface area contributed by atoms with Crippen LogP contribution in [-0.2, 0) is 0 Å². The Bertz CT molecular complexity index is 396. The number of nitrogens with zero attached hydrogens (tertiary/aromatic N) is 3. The van der Waals surface area contributed by atoms with Crippen LogP contribution in [0.15, 0.2) is 28.4 Å². The van der Waals surface area contributed by atoms with Crippen LogP contribution in [0.4, 0.5) is 11.4 Å². The molecule has 0 unspecified atom stereocenters. The zero-order chi connectivity index (χ0) is 9.42. The molecule has 1 aliphatic rings. The van der Waals surface area contributed by atoms with E-state index in [0.29, 0.717) is 11.3 Å². The van der Waals surface area contributed by atoms with Crippen molar-refractivity contribution in [2.75, 3.05) is 19.0 Å². The Labute approximate surface area is 75.9 Å². The van der Waals surface area contributed by atoms with E-state index in [0.717, 1.165) is 5.69 Å². The minimum atomic E-state index is -0.250. The molecule has 1 aliphatic heterocycles. The smallest absolute Gasteiger partial charge is 0.297 e. The second kappa shape index (κ2) is 2.65. The maximum absolute atomic E-state index is 11.1. The number of rotatable bonds is 1. The number of hydrogen-bond donors (Lipinski definition) is 0. The molecule has 0 fully saturated rings. The second-order valence-electron chi connectivity index (χ2n) is 3.10. The highest BCUT2D eigenvalue weighted by atomic mass is 16.2. The summed E-state index contributed by atoms with van der Waals surface area (Å²) >= 11 is 0. The lowest BCUT2D eigenvalue weighted by Gasteiger charge is -2.12. The molecular formula is C9H9N3O. The van der Waals surface area contributed by atoms with E-state index >= 15 is 0 Å². The first kappa shape index (κ1) is 7.91. The summed E-state index contributed by atoms with van der Waals surface area (Å²) in [6.45, 7) is 0. The minimum absolute atomic E-state index is 0.250. The van der Waals surface area contributed by atoms with Crippen molar-refractivity contribution >= 4 is 17.3 Å². The van der Waals surface area contributed by atoms with Gasteiger partial charge in [-0.3, -0.25) is 4.79 Å². The van der Waals surface area contributed by atoms with Crippen LogP contribution in [0.2, 0.25) is 0 Å². The summed E-state index contributed by atoms with van der Waals surface area (Å²) in [7, 11) is 3.88. The van der Waals surface area contributed by atoms with Crippen LogP contribution in [0.3, 0.4) is 0 Å². The molecule has 0 spiro atoms. The van der Waals surface area contributed by atoms with E-state index in [4.69, 9.17) is 0 Å². The molecule has 1 heterocycles. The Morgan fingerprint density at radius 2 is 2.00 bits per heavy atom. The highest BCUT2D eigenvalue weighted by molar-refractivity contribution is 6.02. The molecule has 0 radical (unpaired) electrons. The van der Waals surface area contributed by atoms with Crippen molar-refractivity contribution < 1.29 is 4.79 Å². The Kier molecular flexibility index (Phi) is 1.62. The predicted octanol–water partition coefficient (Wildman–Crippen LogP) is 1.99. The van der Waals surface area contributed by atoms with Crippen molar-refractivity contribution in [1.82, 2.24) is 0 Å². The molecule has 0 N–H and O–H groups in total. The van der Waals surface area contributed by atoms with Crippen LogP contribution in [0.5, 0.6) is 0 Å². The number of carbonyl (C=O) groups is 1. The first-order valence-corrected chi connectivity index (χ1v) is 3.96. The van der Waals surface area contributed by atoms with Gasteiger partial charge in [0, 0.05) is 19.8 Å². The Morgan fingerprint density at radius 1 is 1.23 bits per heavy atom. The van der Waals surface area contributed by atoms with Crippen molar-refractivity contribution in [3.8, 4) is 0 Å². The first-order chi connectivity index (χ1) is 6.18. The van der Waals surface area contributed by atoms with Gasteiger partial charge >= 0.3 is 0 Å². The van der Waals surface area contributed by atoms with Crippen LogP contribution in [0.25, 0.3) is 0 Å². The second-order valence-corrected chi connectivity index (χ2v) is 3.10. The summed E-state index contributed by atoms with van der Waals surface area (Å²) < 4.78 is 0. The van der Waals surface area contributed by atoms with Crippen molar-refractivity contribution in [2.24, 2.45) is 10.2 Å². The maximum Gasteiger partial charge on any atom is 0.297 e. The fraction of sp³-hybridized carbons (Fsp3) is 0.222. The van der Waals surface area contributed by atoms with Gasteiger partial charge in [0.25, 0.3) is 5.91 Å². The number of benzene rings is 1. The van der Waals surface area contributed by atoms with E-state index in [1.807, 2.05) is 31.1 Å². The molecule has 2 rings (SSSR count). The van der Waals surface area contributed by atoms with E-state index < -0.39 is 0 Å². The largest absolute Gasteiger partial charge is 0.378 e. The third-order valence-electron chi connectivity index (χ3n) is 1.98. The third kappa shape index (κ3) is 1.20. The van der Waals surface area contributed by atoms with Gasteiger partial charge < -0.3 is 4.90 Å². The topological polar surface area (TPSA) is 45.0 Å². The lowest BCUT2D eigenvalue weighted by Crippen LogP contribution is -2.08. The summed E-state index contributed by atoms with van der Waals surface area (Å²) in [5, 5.41) is 7.24. The molecule has 4 heteroatoms. The molecule has 0 aromatic heterocycles. The van der Waals surface area contributed by atoms with Crippen LogP contribution < -0.4 is 4.90 Å². The number of hydrogen-bond acceptors (Lipinski definition) is 3. The molecule has 1 aromatic rings. The van der Waals surface area contributed by atoms with E-state index in [9.17, 15) is 4.79 Å². The molecule has 0 aliphatic carbocycles. The van der Waals surface area contributed by atoms with Gasteiger partial charge in [0.15, 0.2) is 0 Å². The number of amides is 1. The number of carbonyl (C=O) groups excluding carboxylic acids is 1. The van der Waals surface area contributed by atoms with Gasteiger partial charge in [-0.15, -0.1) is 10.2 Å². The molecule has 0 atom stereocenters. The Hall–Kier alpha value is -1.71. The standard InChI is InChI=1S/C9H9N3O/c1-12(2)6-3-4-7-8(5-6)10-11-9(7)13/h3-5H,1-2H3. The van der Waals surface area contributed by atoms with Gasteiger partial charge in [0.1, 0.15) is 5.69 Å². The molecule has 66 valence electrons. The molecule has 1 amide bonds. The Balaban J connectivity index is 2.51. The van der Waals surface area contributed by atoms with Gasteiger partial charge in [0.05, 0.1) is 5.56 Å². The predicted molar refractivity (Wildman–Crippen MR) is 49.6 cm³/mol. The van der Waals surface area contributed by atoms with Gasteiger partial charge in [-0.2, -0.15) is 0 Å². The molecule has 0 saturated heterocycles. The highest BCUT2D eigenvalue weighted by Crippen LogP contribution is 2.30. The van der Waals surface area contributed by atoms with Crippen LogP contribution in [0.1, 0.15) is 10.4 Å². The van der Waals surface area contributed by atoms with Crippen molar-refractivity contribution in [1.29, 1.82) is 0 Å². The number of azo groups is 1. The third-order valence-corrected chi connectivity index (χ3v) is 1.98. The average Bonchev–Trinajstić information content (AvgIpc) is 2.47. The molecular weight excluding hydrogens is 166 g/mol. The summed E-state index contributed by atoms with van der Waals surface area (Å²) in [6.07, 6.45) is 0. The zero-order valence-corrected chi connectivity index (χ0v) is 7.48. The van der Waals surface area contributed by atoms with Crippen molar-refractivity contribution in [3.63, 3.8) is 0 Å². The summed E-state index contributed by atoms with van der Waals surface area (Å²) in [6, 6.07) is 5.49. The number of anilines is 1. The van der Waals surface area contributed by atoms with Crippen LogP contribution >= 0.6 is 0 Å². The van der Waals surface area contributed by atoms with E-state index in [1.165, 1.54) is 0 Å². The minimum Gasteiger partial charge on any atom is -0.378 e. The van der Waals surface area contributed by atoms with Crippen molar-refractivity contribution in [3.05, 3.63) is 23.8 Å².